The molecule has 0 saturated carbocycles. The Hall–Kier alpha value is -2.67. The number of carbonyl (C=O) groups is 1. The van der Waals surface area contributed by atoms with E-state index in [1.165, 1.54) is 16.7 Å². The fraction of sp³-hybridized carbons (Fsp3) is 0.208. The van der Waals surface area contributed by atoms with Crippen LogP contribution in [0.1, 0.15) is 45.1 Å². The largest absolute Gasteiger partial charge is 0.289 e. The van der Waals surface area contributed by atoms with Crippen LogP contribution in [0.15, 0.2) is 60.7 Å². The highest BCUT2D eigenvalue weighted by molar-refractivity contribution is 6.13. The first-order valence-electron chi connectivity index (χ1n) is 8.82. The second kappa shape index (κ2) is 7.06. The summed E-state index contributed by atoms with van der Waals surface area (Å²) in [6, 6.07) is 20.2. The van der Waals surface area contributed by atoms with E-state index in [1.54, 1.807) is 0 Å². The molecule has 126 valence electrons. The van der Waals surface area contributed by atoms with E-state index in [9.17, 15) is 4.79 Å². The Morgan fingerprint density at radius 1 is 0.800 bits per heavy atom. The summed E-state index contributed by atoms with van der Waals surface area (Å²) in [4.78, 5) is 13.2. The number of ketones is 1. The van der Waals surface area contributed by atoms with Crippen LogP contribution in [-0.2, 0) is 6.42 Å². The van der Waals surface area contributed by atoms with Crippen LogP contribution in [-0.4, -0.2) is 5.78 Å². The first-order chi connectivity index (χ1) is 12.0. The van der Waals surface area contributed by atoms with Crippen molar-refractivity contribution in [1.82, 2.24) is 0 Å². The van der Waals surface area contributed by atoms with Gasteiger partial charge < -0.3 is 0 Å². The first kappa shape index (κ1) is 17.2. The zero-order valence-electron chi connectivity index (χ0n) is 15.4. The van der Waals surface area contributed by atoms with Crippen molar-refractivity contribution in [3.05, 3.63) is 94.0 Å². The van der Waals surface area contributed by atoms with Crippen molar-refractivity contribution in [2.75, 3.05) is 0 Å². The van der Waals surface area contributed by atoms with Crippen molar-refractivity contribution in [1.29, 1.82) is 0 Å². The van der Waals surface area contributed by atoms with E-state index in [1.807, 2.05) is 36.4 Å². The first-order valence-corrected chi connectivity index (χ1v) is 8.82. The molecule has 0 saturated heterocycles. The topological polar surface area (TPSA) is 17.1 Å². The van der Waals surface area contributed by atoms with E-state index in [0.717, 1.165) is 34.2 Å². The van der Waals surface area contributed by atoms with Gasteiger partial charge in [-0.2, -0.15) is 0 Å². The predicted molar refractivity (Wildman–Crippen MR) is 105 cm³/mol. The number of rotatable bonds is 4. The normalized spacial score (nSPS) is 10.7. The minimum atomic E-state index is 0.0846. The van der Waals surface area contributed by atoms with Gasteiger partial charge in [0.2, 0.25) is 0 Å². The van der Waals surface area contributed by atoms with Gasteiger partial charge in [-0.05, 0) is 61.1 Å². The van der Waals surface area contributed by atoms with E-state index in [0.29, 0.717) is 0 Å². The molecule has 0 bridgehead atoms. The highest BCUT2D eigenvalue weighted by Crippen LogP contribution is 2.32. The molecule has 3 aromatic rings. The van der Waals surface area contributed by atoms with Crippen LogP contribution in [0.25, 0.3) is 11.1 Å². The molecule has 3 aromatic carbocycles. The monoisotopic (exact) mass is 328 g/mol. The molecular weight excluding hydrogens is 304 g/mol. The Morgan fingerprint density at radius 2 is 1.48 bits per heavy atom. The lowest BCUT2D eigenvalue weighted by Gasteiger charge is -2.16. The highest BCUT2D eigenvalue weighted by Gasteiger charge is 2.18. The molecule has 3 rings (SSSR count). The van der Waals surface area contributed by atoms with E-state index < -0.39 is 0 Å². The summed E-state index contributed by atoms with van der Waals surface area (Å²) < 4.78 is 0. The van der Waals surface area contributed by atoms with E-state index in [2.05, 4.69) is 52.0 Å². The Bertz CT molecular complexity index is 920. The van der Waals surface area contributed by atoms with Gasteiger partial charge in [0.1, 0.15) is 0 Å². The summed E-state index contributed by atoms with van der Waals surface area (Å²) in [6.45, 7) is 8.45. The molecule has 0 radical (unpaired) electrons. The predicted octanol–water partition coefficient (Wildman–Crippen LogP) is 6.07. The minimum Gasteiger partial charge on any atom is -0.289 e. The lowest BCUT2D eigenvalue weighted by Crippen LogP contribution is -2.06. The SMILES string of the molecule is CCc1cc(C)ccc1-c1cc(C)c(C)cc1C(=O)c1ccccc1. The zero-order chi connectivity index (χ0) is 18.0. The molecule has 0 aliphatic rings. The Balaban J connectivity index is 2.24. The number of hydrogen-bond donors (Lipinski definition) is 0. The van der Waals surface area contributed by atoms with Crippen molar-refractivity contribution in [2.45, 2.75) is 34.1 Å². The molecular formula is C24H24O. The van der Waals surface area contributed by atoms with Crippen LogP contribution >= 0.6 is 0 Å². The summed E-state index contributed by atoms with van der Waals surface area (Å²) in [6.07, 6.45) is 0.947. The van der Waals surface area contributed by atoms with Gasteiger partial charge in [-0.25, -0.2) is 0 Å². The van der Waals surface area contributed by atoms with Crippen molar-refractivity contribution in [3.63, 3.8) is 0 Å². The maximum atomic E-state index is 13.2. The average molecular weight is 328 g/mol. The van der Waals surface area contributed by atoms with E-state index in [-0.39, 0.29) is 5.78 Å². The van der Waals surface area contributed by atoms with Crippen LogP contribution in [0.3, 0.4) is 0 Å². The Labute approximate surface area is 150 Å². The van der Waals surface area contributed by atoms with Gasteiger partial charge in [0.25, 0.3) is 0 Å². The standard InChI is InChI=1S/C24H24O/c1-5-19-13-16(2)11-12-21(19)22-14-17(3)18(4)15-23(22)24(25)20-9-7-6-8-10-20/h6-15H,5H2,1-4H3. The lowest BCUT2D eigenvalue weighted by atomic mass is 9.87. The summed E-state index contributed by atoms with van der Waals surface area (Å²) in [7, 11) is 0. The fourth-order valence-corrected chi connectivity index (χ4v) is 3.25. The molecule has 0 unspecified atom stereocenters. The molecule has 0 aliphatic heterocycles. The maximum absolute atomic E-state index is 13.2. The second-order valence-electron chi connectivity index (χ2n) is 6.69. The van der Waals surface area contributed by atoms with Gasteiger partial charge in [0, 0.05) is 11.1 Å². The molecule has 0 fully saturated rings. The van der Waals surface area contributed by atoms with Crippen LogP contribution in [0, 0.1) is 20.8 Å². The number of aryl methyl sites for hydroxylation is 4. The third-order valence-electron chi connectivity index (χ3n) is 4.85. The summed E-state index contributed by atoms with van der Waals surface area (Å²) in [5.41, 5.74) is 8.61. The molecule has 0 heterocycles. The summed E-state index contributed by atoms with van der Waals surface area (Å²) in [5, 5.41) is 0. The maximum Gasteiger partial charge on any atom is 0.193 e. The molecule has 0 aliphatic carbocycles. The molecule has 25 heavy (non-hydrogen) atoms. The van der Waals surface area contributed by atoms with Crippen molar-refractivity contribution < 1.29 is 4.79 Å². The van der Waals surface area contributed by atoms with Gasteiger partial charge in [-0.3, -0.25) is 4.79 Å². The van der Waals surface area contributed by atoms with Crippen LogP contribution in [0.2, 0.25) is 0 Å². The van der Waals surface area contributed by atoms with Crippen molar-refractivity contribution in [2.24, 2.45) is 0 Å². The Morgan fingerprint density at radius 3 is 2.16 bits per heavy atom. The third kappa shape index (κ3) is 3.41. The average Bonchev–Trinajstić information content (AvgIpc) is 2.63. The minimum absolute atomic E-state index is 0.0846. The van der Waals surface area contributed by atoms with E-state index >= 15 is 0 Å². The highest BCUT2D eigenvalue weighted by atomic mass is 16.1. The van der Waals surface area contributed by atoms with E-state index in [4.69, 9.17) is 0 Å². The third-order valence-corrected chi connectivity index (χ3v) is 4.85. The number of hydrogen-bond acceptors (Lipinski definition) is 1. The molecule has 0 N–H and O–H groups in total. The lowest BCUT2D eigenvalue weighted by molar-refractivity contribution is 0.103. The molecule has 0 aromatic heterocycles. The quantitative estimate of drug-likeness (QED) is 0.531. The molecule has 0 atom stereocenters. The molecule has 1 nitrogen and oxygen atoms in total. The summed E-state index contributed by atoms with van der Waals surface area (Å²) >= 11 is 0. The van der Waals surface area contributed by atoms with Gasteiger partial charge in [-0.15, -0.1) is 0 Å². The zero-order valence-corrected chi connectivity index (χ0v) is 15.4. The molecule has 1 heteroatoms. The number of carbonyl (C=O) groups excluding carboxylic acids is 1. The van der Waals surface area contributed by atoms with Crippen LogP contribution in [0.4, 0.5) is 0 Å². The van der Waals surface area contributed by atoms with Gasteiger partial charge in [0.05, 0.1) is 0 Å². The van der Waals surface area contributed by atoms with Crippen LogP contribution < -0.4 is 0 Å². The second-order valence-corrected chi connectivity index (χ2v) is 6.69. The number of benzene rings is 3. The van der Waals surface area contributed by atoms with Crippen LogP contribution in [0.5, 0.6) is 0 Å². The molecule has 0 amide bonds. The smallest absolute Gasteiger partial charge is 0.193 e. The Kier molecular flexibility index (Phi) is 4.85. The van der Waals surface area contributed by atoms with Gasteiger partial charge in [-0.1, -0.05) is 67.1 Å². The van der Waals surface area contributed by atoms with Crippen molar-refractivity contribution in [3.8, 4) is 11.1 Å². The van der Waals surface area contributed by atoms with Gasteiger partial charge in [0.15, 0.2) is 5.78 Å². The van der Waals surface area contributed by atoms with Crippen molar-refractivity contribution >= 4 is 5.78 Å². The van der Waals surface area contributed by atoms with Gasteiger partial charge >= 0.3 is 0 Å². The molecule has 0 spiro atoms. The fourth-order valence-electron chi connectivity index (χ4n) is 3.25. The summed E-state index contributed by atoms with van der Waals surface area (Å²) in [5.74, 6) is 0.0846.